The van der Waals surface area contributed by atoms with E-state index in [0.29, 0.717) is 13.0 Å². The summed E-state index contributed by atoms with van der Waals surface area (Å²) in [4.78, 5) is 17.1. The minimum atomic E-state index is -0.248. The van der Waals surface area contributed by atoms with Gasteiger partial charge in [0, 0.05) is 24.2 Å². The quantitative estimate of drug-likeness (QED) is 0.714. The summed E-state index contributed by atoms with van der Waals surface area (Å²) in [7, 11) is 1.77. The number of anilines is 1. The lowest BCUT2D eigenvalue weighted by molar-refractivity contribution is -0.117. The lowest BCUT2D eigenvalue weighted by atomic mass is 9.95. The first-order chi connectivity index (χ1) is 13.1. The smallest absolute Gasteiger partial charge is 0.232 e. The monoisotopic (exact) mass is 380 g/mol. The van der Waals surface area contributed by atoms with Gasteiger partial charge in [0.05, 0.1) is 10.9 Å². The normalized spacial score (nSPS) is 17.7. The van der Waals surface area contributed by atoms with Gasteiger partial charge in [-0.05, 0) is 48.7 Å². The van der Waals surface area contributed by atoms with Crippen LogP contribution in [0.15, 0.2) is 64.6 Å². The van der Waals surface area contributed by atoms with Crippen LogP contribution in [0.1, 0.15) is 30.4 Å². The fraction of sp³-hybridized carbons (Fsp3) is 0.238. The number of allylic oxidation sites excluding steroid dienone is 1. The summed E-state index contributed by atoms with van der Waals surface area (Å²) >= 11 is 1.52. The average molecular weight is 381 g/mol. The highest BCUT2D eigenvalue weighted by Gasteiger charge is 2.21. The standard InChI is InChI=1S/C21H24N4OS/c1-14(17-9-11-24-20(17)23-2)16-12-19(27-13-16)25-21(26)18(8-10-22)15-6-4-3-5-7-15/h3-7,9,11-13,18H,8,10,22H2,1-2H3,(H,23,24)(H,25,26)/b17-14+. The van der Waals surface area contributed by atoms with Crippen molar-refractivity contribution in [2.75, 3.05) is 18.9 Å². The number of hydrogen-bond acceptors (Lipinski definition) is 4. The van der Waals surface area contributed by atoms with Crippen LogP contribution in [-0.4, -0.2) is 25.3 Å². The highest BCUT2D eigenvalue weighted by atomic mass is 32.1. The van der Waals surface area contributed by atoms with E-state index in [0.717, 1.165) is 33.1 Å². The number of nitrogens with one attached hydrogen (secondary N) is 2. The molecule has 0 radical (unpaired) electrons. The number of amides is 1. The zero-order valence-corrected chi connectivity index (χ0v) is 16.3. The van der Waals surface area contributed by atoms with Gasteiger partial charge >= 0.3 is 0 Å². The highest BCUT2D eigenvalue weighted by molar-refractivity contribution is 7.14. The predicted molar refractivity (Wildman–Crippen MR) is 114 cm³/mol. The molecule has 1 aromatic carbocycles. The molecule has 0 saturated carbocycles. The summed E-state index contributed by atoms with van der Waals surface area (Å²) in [6.45, 7) is 2.53. The maximum absolute atomic E-state index is 12.8. The topological polar surface area (TPSA) is 79.5 Å². The summed E-state index contributed by atoms with van der Waals surface area (Å²) in [6, 6.07) is 11.8. The van der Waals surface area contributed by atoms with Crippen molar-refractivity contribution in [3.8, 4) is 0 Å². The number of nitrogens with zero attached hydrogens (tertiary/aromatic N) is 1. The van der Waals surface area contributed by atoms with E-state index >= 15 is 0 Å². The van der Waals surface area contributed by atoms with Gasteiger partial charge in [0.25, 0.3) is 0 Å². The Morgan fingerprint density at radius 1 is 1.33 bits per heavy atom. The zero-order chi connectivity index (χ0) is 19.2. The molecule has 2 aromatic rings. The molecule has 5 nitrogen and oxygen atoms in total. The SMILES string of the molecule is CN=C1NC=C/C1=C(/C)c1csc(NC(=O)C(CCN)c2ccccc2)c1. The van der Waals surface area contributed by atoms with E-state index in [-0.39, 0.29) is 11.8 Å². The van der Waals surface area contributed by atoms with Gasteiger partial charge in [-0.25, -0.2) is 0 Å². The fourth-order valence-corrected chi connectivity index (χ4v) is 3.97. The molecule has 0 fully saturated rings. The molecule has 0 spiro atoms. The van der Waals surface area contributed by atoms with Crippen LogP contribution in [0.5, 0.6) is 0 Å². The van der Waals surface area contributed by atoms with Crippen LogP contribution in [0.4, 0.5) is 5.00 Å². The number of aliphatic imine (C=N–C) groups is 1. The molecule has 1 amide bonds. The molecule has 27 heavy (non-hydrogen) atoms. The van der Waals surface area contributed by atoms with Gasteiger partial charge in [-0.15, -0.1) is 11.3 Å². The summed E-state index contributed by atoms with van der Waals surface area (Å²) in [5.41, 5.74) is 9.99. The van der Waals surface area contributed by atoms with E-state index in [9.17, 15) is 4.79 Å². The third-order valence-corrected chi connectivity index (χ3v) is 5.45. The minimum absolute atomic E-state index is 0.0244. The van der Waals surface area contributed by atoms with Crippen molar-refractivity contribution < 1.29 is 4.79 Å². The summed E-state index contributed by atoms with van der Waals surface area (Å²) in [5, 5.41) is 9.07. The molecule has 0 saturated heterocycles. The Labute approximate surface area is 163 Å². The number of thiophene rings is 1. The zero-order valence-electron chi connectivity index (χ0n) is 15.5. The maximum Gasteiger partial charge on any atom is 0.232 e. The maximum atomic E-state index is 12.8. The van der Waals surface area contributed by atoms with Crippen molar-refractivity contribution in [3.63, 3.8) is 0 Å². The summed E-state index contributed by atoms with van der Waals surface area (Å²) in [5.74, 6) is 0.585. The highest BCUT2D eigenvalue weighted by Crippen LogP contribution is 2.30. The van der Waals surface area contributed by atoms with E-state index in [2.05, 4.69) is 27.9 Å². The molecule has 1 atom stereocenters. The molecule has 1 aromatic heterocycles. The van der Waals surface area contributed by atoms with Crippen LogP contribution in [0.3, 0.4) is 0 Å². The lowest BCUT2D eigenvalue weighted by Gasteiger charge is -2.15. The Balaban J connectivity index is 1.78. The van der Waals surface area contributed by atoms with Crippen molar-refractivity contribution >= 4 is 33.7 Å². The summed E-state index contributed by atoms with van der Waals surface area (Å²) in [6.07, 6.45) is 4.51. The molecular weight excluding hydrogens is 356 g/mol. The van der Waals surface area contributed by atoms with Gasteiger partial charge in [0.2, 0.25) is 5.91 Å². The largest absolute Gasteiger partial charge is 0.346 e. The molecule has 2 heterocycles. The Kier molecular flexibility index (Phi) is 6.21. The van der Waals surface area contributed by atoms with Crippen molar-refractivity contribution in [3.05, 3.63) is 70.8 Å². The molecule has 3 rings (SSSR count). The Morgan fingerprint density at radius 3 is 2.81 bits per heavy atom. The minimum Gasteiger partial charge on any atom is -0.346 e. The Bertz CT molecular complexity index is 896. The molecule has 6 heteroatoms. The lowest BCUT2D eigenvalue weighted by Crippen LogP contribution is -2.23. The second kappa shape index (κ2) is 8.79. The molecule has 0 aliphatic carbocycles. The van der Waals surface area contributed by atoms with Gasteiger partial charge in [0.1, 0.15) is 5.84 Å². The molecule has 1 unspecified atom stereocenters. The second-order valence-corrected chi connectivity index (χ2v) is 7.23. The molecule has 1 aliphatic rings. The van der Waals surface area contributed by atoms with Crippen LogP contribution in [0.25, 0.3) is 5.57 Å². The van der Waals surface area contributed by atoms with Crippen LogP contribution < -0.4 is 16.4 Å². The van der Waals surface area contributed by atoms with E-state index < -0.39 is 0 Å². The van der Waals surface area contributed by atoms with Crippen LogP contribution in [-0.2, 0) is 4.79 Å². The molecule has 4 N–H and O–H groups in total. The van der Waals surface area contributed by atoms with Crippen LogP contribution in [0.2, 0.25) is 0 Å². The number of carbonyl (C=O) groups is 1. The van der Waals surface area contributed by atoms with E-state index in [1.54, 1.807) is 7.05 Å². The first-order valence-electron chi connectivity index (χ1n) is 8.90. The number of amidine groups is 1. The third-order valence-electron chi connectivity index (χ3n) is 4.61. The average Bonchev–Trinajstić information content (AvgIpc) is 3.35. The van der Waals surface area contributed by atoms with E-state index in [1.165, 1.54) is 11.3 Å². The molecule has 140 valence electrons. The first kappa shape index (κ1) is 19.1. The van der Waals surface area contributed by atoms with Gasteiger partial charge in [-0.2, -0.15) is 0 Å². The number of hydrogen-bond donors (Lipinski definition) is 3. The Hall–Kier alpha value is -2.70. The van der Waals surface area contributed by atoms with Crippen molar-refractivity contribution in [2.45, 2.75) is 19.3 Å². The van der Waals surface area contributed by atoms with Gasteiger partial charge in [0.15, 0.2) is 0 Å². The van der Waals surface area contributed by atoms with E-state index in [4.69, 9.17) is 5.73 Å². The Morgan fingerprint density at radius 2 is 2.11 bits per heavy atom. The fourth-order valence-electron chi connectivity index (χ4n) is 3.11. The van der Waals surface area contributed by atoms with Crippen molar-refractivity contribution in [1.29, 1.82) is 0 Å². The number of benzene rings is 1. The van der Waals surface area contributed by atoms with Gasteiger partial charge < -0.3 is 16.4 Å². The van der Waals surface area contributed by atoms with Crippen molar-refractivity contribution in [1.82, 2.24) is 5.32 Å². The third kappa shape index (κ3) is 4.35. The van der Waals surface area contributed by atoms with Gasteiger partial charge in [-0.1, -0.05) is 30.3 Å². The first-order valence-corrected chi connectivity index (χ1v) is 9.78. The summed E-state index contributed by atoms with van der Waals surface area (Å²) < 4.78 is 0. The number of nitrogens with two attached hydrogens (primary N) is 1. The molecule has 1 aliphatic heterocycles. The number of rotatable bonds is 6. The van der Waals surface area contributed by atoms with Crippen LogP contribution in [0, 0.1) is 0 Å². The molecule has 0 bridgehead atoms. The number of carbonyl (C=O) groups excluding carboxylic acids is 1. The molecular formula is C21H24N4OS. The van der Waals surface area contributed by atoms with E-state index in [1.807, 2.05) is 48.7 Å². The van der Waals surface area contributed by atoms with Gasteiger partial charge in [-0.3, -0.25) is 9.79 Å². The predicted octanol–water partition coefficient (Wildman–Crippen LogP) is 3.74. The van der Waals surface area contributed by atoms with Crippen molar-refractivity contribution in [2.24, 2.45) is 10.7 Å². The van der Waals surface area contributed by atoms with Crippen LogP contribution >= 0.6 is 11.3 Å². The second-order valence-electron chi connectivity index (χ2n) is 6.32.